The Morgan fingerprint density at radius 3 is 1.86 bits per heavy atom. The van der Waals surface area contributed by atoms with Crippen LogP contribution >= 0.6 is 0 Å². The number of fused-ring (bicyclic) bond motifs is 6. The predicted octanol–water partition coefficient (Wildman–Crippen LogP) is 14.1. The maximum absolute atomic E-state index is 16.5. The second-order valence-corrected chi connectivity index (χ2v) is 19.1. The fraction of sp³-hybridized carbons (Fsp3) is 0.193. The first-order valence-electron chi connectivity index (χ1n) is 21.5. The Balaban J connectivity index is 1.15. The molecule has 1 aromatic heterocycles. The van der Waals surface area contributed by atoms with Gasteiger partial charge in [0, 0.05) is 27.6 Å². The summed E-state index contributed by atoms with van der Waals surface area (Å²) in [6.45, 7) is 15.1. The van der Waals surface area contributed by atoms with Crippen molar-refractivity contribution < 1.29 is 8.78 Å². The van der Waals surface area contributed by atoms with Crippen LogP contribution in [0.1, 0.15) is 98.5 Å². The summed E-state index contributed by atoms with van der Waals surface area (Å²) >= 11 is 0. The van der Waals surface area contributed by atoms with E-state index in [1.165, 1.54) is 29.3 Å². The van der Waals surface area contributed by atoms with Crippen LogP contribution in [0.25, 0.3) is 38.6 Å². The first kappa shape index (κ1) is 42.3. The molecule has 65 heavy (non-hydrogen) atoms. The Labute approximate surface area is 378 Å². The van der Waals surface area contributed by atoms with Crippen LogP contribution in [0.5, 0.6) is 0 Å². The highest BCUT2D eigenvalue weighted by atomic mass is 19.1. The molecule has 0 amide bonds. The Hall–Kier alpha value is -8.04. The van der Waals surface area contributed by atoms with Crippen molar-refractivity contribution in [2.45, 2.75) is 71.1 Å². The molecule has 0 saturated heterocycles. The average Bonchev–Trinajstić information content (AvgIpc) is 3.72. The van der Waals surface area contributed by atoms with Gasteiger partial charge in [-0.15, -0.1) is 0 Å². The topological polar surface area (TPSA) is 103 Å². The number of nitrogens with zero attached hydrogens (tertiary/aromatic N) is 6. The first-order chi connectivity index (χ1) is 31.0. The molecule has 1 aliphatic carbocycles. The molecule has 0 radical (unpaired) electrons. The van der Waals surface area contributed by atoms with Crippen molar-refractivity contribution >= 4 is 38.9 Å². The predicted molar refractivity (Wildman–Crippen MR) is 254 cm³/mol. The highest BCUT2D eigenvalue weighted by Gasteiger charge is 2.36. The molecule has 0 spiro atoms. The Morgan fingerprint density at radius 1 is 0.585 bits per heavy atom. The Bertz CT molecular complexity index is 3450. The minimum Gasteiger partial charge on any atom is -0.309 e. The highest BCUT2D eigenvalue weighted by molar-refractivity contribution is 6.12. The summed E-state index contributed by atoms with van der Waals surface area (Å²) in [5.41, 5.74) is 9.95. The lowest BCUT2D eigenvalue weighted by atomic mass is 9.79. The number of anilines is 3. The van der Waals surface area contributed by atoms with Crippen molar-refractivity contribution in [3.05, 3.63) is 189 Å². The van der Waals surface area contributed by atoms with Gasteiger partial charge in [-0.2, -0.15) is 21.0 Å². The van der Waals surface area contributed by atoms with E-state index in [0.29, 0.717) is 17.8 Å². The van der Waals surface area contributed by atoms with Crippen molar-refractivity contribution in [3.63, 3.8) is 0 Å². The number of hydrogen-bond acceptors (Lipinski definition) is 5. The number of rotatable bonds is 7. The summed E-state index contributed by atoms with van der Waals surface area (Å²) in [4.78, 5) is 1.84. The average molecular weight is 851 g/mol. The maximum Gasteiger partial charge on any atom is 0.165 e. The van der Waals surface area contributed by atoms with Crippen LogP contribution in [-0.2, 0) is 22.7 Å². The van der Waals surface area contributed by atoms with Gasteiger partial charge < -0.3 is 9.47 Å². The van der Waals surface area contributed by atoms with Gasteiger partial charge >= 0.3 is 0 Å². The molecule has 1 heterocycles. The Kier molecular flexibility index (Phi) is 9.98. The lowest BCUT2D eigenvalue weighted by Crippen LogP contribution is -2.21. The van der Waals surface area contributed by atoms with E-state index in [2.05, 4.69) is 103 Å². The van der Waals surface area contributed by atoms with Crippen LogP contribution in [0.15, 0.2) is 127 Å². The summed E-state index contributed by atoms with van der Waals surface area (Å²) in [5.74, 6) is -1.55. The van der Waals surface area contributed by atoms with Crippen LogP contribution in [0.4, 0.5) is 25.8 Å². The summed E-state index contributed by atoms with van der Waals surface area (Å²) in [6, 6.07) is 48.8. The molecule has 0 saturated carbocycles. The standard InChI is InChI=1S/C57H44F2N6/c1-55(2,3)38-14-18-40(19-15-38)64(49-23-13-36(31-61)53(58)46(49)33-63)41-20-16-39(17-21-41)56(4,5)29-34-12-22-43-45-27-44-42-10-8-9-11-47(42)57(6,7)48(44)28-51(45)65(50(43)25-34)52-26-35(30-60)24-37(32-62)54(52)59/h8-28H,29H2,1-7H3. The van der Waals surface area contributed by atoms with Crippen LogP contribution in [-0.4, -0.2) is 4.57 Å². The van der Waals surface area contributed by atoms with Crippen molar-refractivity contribution in [2.24, 2.45) is 0 Å². The number of halogens is 2. The molecule has 8 heteroatoms. The SMILES string of the molecule is CC(C)(C)c1ccc(N(c2ccc(C(C)(C)Cc3ccc4c5cc6c(cc5n(-c5cc(C#N)cc(C#N)c5F)c4c3)C(C)(C)c3ccccc3-6)cc2)c2ccc(C#N)c(F)c2C#N)cc1. The van der Waals surface area contributed by atoms with Crippen molar-refractivity contribution in [1.82, 2.24) is 4.57 Å². The van der Waals surface area contributed by atoms with Crippen molar-refractivity contribution in [2.75, 3.05) is 4.90 Å². The van der Waals surface area contributed by atoms with Crippen LogP contribution in [0.2, 0.25) is 0 Å². The summed E-state index contributed by atoms with van der Waals surface area (Å²) in [7, 11) is 0. The molecular formula is C57H44F2N6. The number of nitriles is 4. The van der Waals surface area contributed by atoms with Gasteiger partial charge in [0.05, 0.1) is 45.2 Å². The minimum absolute atomic E-state index is 0.0974. The molecule has 0 atom stereocenters. The van der Waals surface area contributed by atoms with Gasteiger partial charge in [0.2, 0.25) is 0 Å². The quantitative estimate of drug-likeness (QED) is 0.159. The van der Waals surface area contributed by atoms with Gasteiger partial charge in [-0.25, -0.2) is 8.78 Å². The zero-order chi connectivity index (χ0) is 46.2. The van der Waals surface area contributed by atoms with E-state index in [0.717, 1.165) is 55.3 Å². The summed E-state index contributed by atoms with van der Waals surface area (Å²) in [6.07, 6.45) is 0.599. The molecule has 0 unspecified atom stereocenters. The van der Waals surface area contributed by atoms with Gasteiger partial charge in [-0.1, -0.05) is 109 Å². The Morgan fingerprint density at radius 2 is 1.23 bits per heavy atom. The molecule has 8 aromatic rings. The van der Waals surface area contributed by atoms with Crippen LogP contribution in [0, 0.1) is 57.0 Å². The molecule has 1 aliphatic rings. The fourth-order valence-electron chi connectivity index (χ4n) is 9.70. The van der Waals surface area contributed by atoms with Crippen molar-refractivity contribution in [1.29, 1.82) is 21.0 Å². The van der Waals surface area contributed by atoms with Gasteiger partial charge in [-0.05, 0) is 123 Å². The van der Waals surface area contributed by atoms with Gasteiger partial charge in [0.15, 0.2) is 11.6 Å². The van der Waals surface area contributed by atoms with E-state index in [1.807, 2.05) is 82.3 Å². The van der Waals surface area contributed by atoms with E-state index in [9.17, 15) is 21.0 Å². The largest absolute Gasteiger partial charge is 0.309 e. The number of benzene rings is 7. The molecular weight excluding hydrogens is 807 g/mol. The van der Waals surface area contributed by atoms with E-state index >= 15 is 8.78 Å². The zero-order valence-corrected chi connectivity index (χ0v) is 37.3. The molecule has 0 N–H and O–H groups in total. The molecule has 0 fully saturated rings. The zero-order valence-electron chi connectivity index (χ0n) is 37.3. The molecule has 316 valence electrons. The molecule has 6 nitrogen and oxygen atoms in total. The molecule has 9 rings (SSSR count). The van der Waals surface area contributed by atoms with Gasteiger partial charge in [0.25, 0.3) is 0 Å². The molecule has 7 aromatic carbocycles. The van der Waals surface area contributed by atoms with Gasteiger partial charge in [-0.3, -0.25) is 0 Å². The monoisotopic (exact) mass is 850 g/mol. The molecule has 0 bridgehead atoms. The lowest BCUT2D eigenvalue weighted by molar-refractivity contribution is 0.522. The van der Waals surface area contributed by atoms with Gasteiger partial charge in [0.1, 0.15) is 23.8 Å². The van der Waals surface area contributed by atoms with Crippen molar-refractivity contribution in [3.8, 4) is 41.1 Å². The normalized spacial score (nSPS) is 12.8. The van der Waals surface area contributed by atoms with E-state index in [-0.39, 0.29) is 38.8 Å². The third-order valence-electron chi connectivity index (χ3n) is 13.2. The van der Waals surface area contributed by atoms with Crippen LogP contribution in [0.3, 0.4) is 0 Å². The second kappa shape index (κ2) is 15.3. The first-order valence-corrected chi connectivity index (χ1v) is 21.5. The number of hydrogen-bond donors (Lipinski definition) is 0. The smallest absolute Gasteiger partial charge is 0.165 e. The minimum atomic E-state index is -0.859. The highest BCUT2D eigenvalue weighted by Crippen LogP contribution is 2.51. The third-order valence-corrected chi connectivity index (χ3v) is 13.2. The van der Waals surface area contributed by atoms with E-state index in [4.69, 9.17) is 0 Å². The second-order valence-electron chi connectivity index (χ2n) is 19.1. The summed E-state index contributed by atoms with van der Waals surface area (Å²) < 4.78 is 33.9. The summed E-state index contributed by atoms with van der Waals surface area (Å²) in [5, 5.41) is 41.5. The lowest BCUT2D eigenvalue weighted by Gasteiger charge is -2.30. The number of aromatic nitrogens is 1. The third kappa shape index (κ3) is 6.87. The maximum atomic E-state index is 16.5. The van der Waals surface area contributed by atoms with Crippen LogP contribution < -0.4 is 4.90 Å². The fourth-order valence-corrected chi connectivity index (χ4v) is 9.70. The van der Waals surface area contributed by atoms with E-state index < -0.39 is 17.0 Å². The van der Waals surface area contributed by atoms with E-state index in [1.54, 1.807) is 6.07 Å². The molecule has 0 aliphatic heterocycles.